The van der Waals surface area contributed by atoms with Crippen molar-refractivity contribution in [3.8, 4) is 0 Å². The average molecular weight is 454 g/mol. The van der Waals surface area contributed by atoms with Crippen molar-refractivity contribution in [2.24, 2.45) is 0 Å². The number of nitrogens with zero attached hydrogens (tertiary/aromatic N) is 4. The lowest BCUT2D eigenvalue weighted by Crippen LogP contribution is -2.39. The van der Waals surface area contributed by atoms with Crippen molar-refractivity contribution in [1.29, 1.82) is 0 Å². The molecule has 0 aliphatic carbocycles. The molecular formula is C21H16F2N6O2S. The van der Waals surface area contributed by atoms with Gasteiger partial charge in [-0.15, -0.1) is 0 Å². The molecule has 1 aliphatic rings. The first-order chi connectivity index (χ1) is 15.3. The molecule has 11 heteroatoms. The van der Waals surface area contributed by atoms with Crippen molar-refractivity contribution >= 4 is 38.8 Å². The van der Waals surface area contributed by atoms with E-state index in [2.05, 4.69) is 25.3 Å². The van der Waals surface area contributed by atoms with Crippen molar-refractivity contribution in [3.63, 3.8) is 0 Å². The number of H-pyrrole nitrogens is 1. The van der Waals surface area contributed by atoms with Crippen LogP contribution in [-0.2, 0) is 10.0 Å². The lowest BCUT2D eigenvalue weighted by Gasteiger charge is -2.34. The van der Waals surface area contributed by atoms with Gasteiger partial charge in [0.1, 0.15) is 23.5 Å². The first kappa shape index (κ1) is 20.1. The quantitative estimate of drug-likeness (QED) is 0.488. The van der Waals surface area contributed by atoms with E-state index in [0.717, 1.165) is 16.4 Å². The fraction of sp³-hybridized carbons (Fsp3) is 0.0952. The number of rotatable bonds is 4. The highest BCUT2D eigenvalue weighted by molar-refractivity contribution is 7.93. The second-order valence-electron chi connectivity index (χ2n) is 7.19. The van der Waals surface area contributed by atoms with Crippen LogP contribution in [0.15, 0.2) is 65.7 Å². The van der Waals surface area contributed by atoms with Gasteiger partial charge in [-0.25, -0.2) is 36.5 Å². The Morgan fingerprint density at radius 3 is 2.69 bits per heavy atom. The molecule has 162 valence electrons. The van der Waals surface area contributed by atoms with Crippen LogP contribution in [0.3, 0.4) is 0 Å². The van der Waals surface area contributed by atoms with Crippen molar-refractivity contribution in [1.82, 2.24) is 19.9 Å². The Hall–Kier alpha value is -3.86. The number of fused-ring (bicyclic) bond motifs is 2. The predicted octanol–water partition coefficient (Wildman–Crippen LogP) is 3.68. The third-order valence-corrected chi connectivity index (χ3v) is 6.90. The summed E-state index contributed by atoms with van der Waals surface area (Å²) in [6.45, 7) is 1.74. The number of aromatic amines is 1. The summed E-state index contributed by atoms with van der Waals surface area (Å²) in [4.78, 5) is 15.2. The van der Waals surface area contributed by atoms with E-state index in [1.54, 1.807) is 13.0 Å². The second kappa shape index (κ2) is 7.38. The molecule has 4 aromatic rings. The second-order valence-corrected chi connectivity index (χ2v) is 8.94. The largest absolute Gasteiger partial charge is 0.360 e. The number of anilines is 2. The van der Waals surface area contributed by atoms with Gasteiger partial charge in [-0.1, -0.05) is 12.1 Å². The Labute approximate surface area is 181 Å². The van der Waals surface area contributed by atoms with Crippen LogP contribution in [-0.4, -0.2) is 34.4 Å². The van der Waals surface area contributed by atoms with Crippen LogP contribution in [0.25, 0.3) is 17.2 Å². The number of sulfonamides is 1. The molecule has 0 saturated heterocycles. The minimum Gasteiger partial charge on any atom is -0.360 e. The molecule has 2 aromatic heterocycles. The molecule has 1 aliphatic heterocycles. The molecule has 0 saturated carbocycles. The molecule has 0 bridgehead atoms. The highest BCUT2D eigenvalue weighted by Crippen LogP contribution is 2.37. The van der Waals surface area contributed by atoms with E-state index in [0.29, 0.717) is 28.2 Å². The van der Waals surface area contributed by atoms with E-state index in [-0.39, 0.29) is 10.6 Å². The Morgan fingerprint density at radius 1 is 1.06 bits per heavy atom. The van der Waals surface area contributed by atoms with Crippen molar-refractivity contribution in [2.75, 3.05) is 9.62 Å². The zero-order chi connectivity index (χ0) is 22.5. The van der Waals surface area contributed by atoms with Gasteiger partial charge in [-0.2, -0.15) is 0 Å². The molecule has 0 fully saturated rings. The van der Waals surface area contributed by atoms with Gasteiger partial charge < -0.3 is 10.3 Å². The molecule has 1 unspecified atom stereocenters. The highest BCUT2D eigenvalue weighted by Gasteiger charge is 2.36. The first-order valence-corrected chi connectivity index (χ1v) is 11.0. The number of hydrogen-bond donors (Lipinski definition) is 2. The zero-order valence-corrected chi connectivity index (χ0v) is 17.4. The molecule has 2 N–H and O–H groups in total. The molecule has 8 nitrogen and oxygen atoms in total. The summed E-state index contributed by atoms with van der Waals surface area (Å²) < 4.78 is 56.0. The molecule has 3 heterocycles. The molecule has 0 radical (unpaired) electrons. The van der Waals surface area contributed by atoms with Gasteiger partial charge in [-0.3, -0.25) is 0 Å². The fourth-order valence-electron chi connectivity index (χ4n) is 3.65. The van der Waals surface area contributed by atoms with E-state index in [1.807, 2.05) is 0 Å². The smallest absolute Gasteiger partial charge is 0.269 e. The summed E-state index contributed by atoms with van der Waals surface area (Å²) in [5, 5.41) is 3.16. The molecule has 2 aromatic carbocycles. The number of imidazole rings is 1. The van der Waals surface area contributed by atoms with Gasteiger partial charge in [0.05, 0.1) is 28.6 Å². The Kier molecular flexibility index (Phi) is 4.63. The minimum atomic E-state index is -4.23. The van der Waals surface area contributed by atoms with Crippen LogP contribution in [0.5, 0.6) is 0 Å². The van der Waals surface area contributed by atoms with E-state index in [4.69, 9.17) is 0 Å². The lowest BCUT2D eigenvalue weighted by atomic mass is 10.1. The zero-order valence-electron chi connectivity index (χ0n) is 16.6. The number of hydrogen-bond acceptors (Lipinski definition) is 6. The minimum absolute atomic E-state index is 0.0902. The average Bonchev–Trinajstić information content (AvgIpc) is 3.24. The maximum atomic E-state index is 14.0. The summed E-state index contributed by atoms with van der Waals surface area (Å²) >= 11 is 0. The summed E-state index contributed by atoms with van der Waals surface area (Å²) in [6.07, 6.45) is 4.45. The predicted molar refractivity (Wildman–Crippen MR) is 115 cm³/mol. The molecule has 1 atom stereocenters. The highest BCUT2D eigenvalue weighted by atomic mass is 32.2. The maximum Gasteiger partial charge on any atom is 0.269 e. The van der Waals surface area contributed by atoms with Gasteiger partial charge in [-0.05, 0) is 48.9 Å². The fourth-order valence-corrected chi connectivity index (χ4v) is 5.41. The molecule has 32 heavy (non-hydrogen) atoms. The van der Waals surface area contributed by atoms with Gasteiger partial charge >= 0.3 is 0 Å². The van der Waals surface area contributed by atoms with Gasteiger partial charge in [0.15, 0.2) is 11.5 Å². The van der Waals surface area contributed by atoms with E-state index >= 15 is 0 Å². The Morgan fingerprint density at radius 2 is 1.88 bits per heavy atom. The summed E-state index contributed by atoms with van der Waals surface area (Å²) in [6, 6.07) is 8.15. The van der Waals surface area contributed by atoms with E-state index < -0.39 is 27.7 Å². The Bertz CT molecular complexity index is 1480. The van der Waals surface area contributed by atoms with Gasteiger partial charge in [0.2, 0.25) is 0 Å². The van der Waals surface area contributed by atoms with Crippen molar-refractivity contribution in [3.05, 3.63) is 78.0 Å². The van der Waals surface area contributed by atoms with Crippen LogP contribution < -0.4 is 9.62 Å². The Balaban J connectivity index is 1.66. The normalized spacial score (nSPS) is 15.8. The van der Waals surface area contributed by atoms with Crippen LogP contribution in [0, 0.1) is 11.6 Å². The molecular weight excluding hydrogens is 438 g/mol. The van der Waals surface area contributed by atoms with Crippen LogP contribution in [0.2, 0.25) is 0 Å². The molecule has 0 amide bonds. The first-order valence-electron chi connectivity index (χ1n) is 9.57. The topological polar surface area (TPSA) is 104 Å². The number of nitrogens with one attached hydrogen (secondary N) is 2. The van der Waals surface area contributed by atoms with E-state index in [9.17, 15) is 17.2 Å². The SMILES string of the molecule is CC(Nc1ncnc2[nH]cnc12)C1=Cc2ccc(F)cc2S(=O)(=O)N1c1cccc(F)c1. The van der Waals surface area contributed by atoms with E-state index in [1.165, 1.54) is 43.0 Å². The third kappa shape index (κ3) is 3.26. The standard InChI is InChI=1S/C21H16F2N6O2S/c1-12(28-21-19-20(25-10-24-19)26-11-27-21)17-7-13-5-6-15(23)9-18(13)32(30,31)29(17)16-4-2-3-14(22)8-16/h2-12H,1H3,(H2,24,25,26,27,28). The molecule has 0 spiro atoms. The number of benzene rings is 2. The summed E-state index contributed by atoms with van der Waals surface area (Å²) in [7, 11) is -4.23. The monoisotopic (exact) mass is 454 g/mol. The van der Waals surface area contributed by atoms with Crippen LogP contribution in [0.4, 0.5) is 20.3 Å². The van der Waals surface area contributed by atoms with Crippen LogP contribution in [0.1, 0.15) is 12.5 Å². The number of halogens is 2. The number of aromatic nitrogens is 4. The van der Waals surface area contributed by atoms with Crippen molar-refractivity contribution in [2.45, 2.75) is 17.9 Å². The third-order valence-electron chi connectivity index (χ3n) is 5.09. The molecule has 5 rings (SSSR count). The summed E-state index contributed by atoms with van der Waals surface area (Å²) in [5.74, 6) is -0.890. The van der Waals surface area contributed by atoms with Crippen LogP contribution >= 0.6 is 0 Å². The summed E-state index contributed by atoms with van der Waals surface area (Å²) in [5.41, 5.74) is 1.72. The van der Waals surface area contributed by atoms with Gasteiger partial charge in [0, 0.05) is 0 Å². The lowest BCUT2D eigenvalue weighted by molar-refractivity contribution is 0.586. The van der Waals surface area contributed by atoms with Crippen molar-refractivity contribution < 1.29 is 17.2 Å². The van der Waals surface area contributed by atoms with Gasteiger partial charge in [0.25, 0.3) is 10.0 Å². The maximum absolute atomic E-state index is 14.0.